The van der Waals surface area contributed by atoms with Gasteiger partial charge in [-0.1, -0.05) is 48.0 Å². The van der Waals surface area contributed by atoms with Crippen LogP contribution >= 0.6 is 0 Å². The molecule has 40 heavy (non-hydrogen) atoms. The van der Waals surface area contributed by atoms with E-state index in [2.05, 4.69) is 5.32 Å². The number of esters is 2. The summed E-state index contributed by atoms with van der Waals surface area (Å²) in [7, 11) is -3.93. The molecular formula is C30H34N2O7S. The third-order valence-corrected chi connectivity index (χ3v) is 7.80. The van der Waals surface area contributed by atoms with Gasteiger partial charge in [0, 0.05) is 12.0 Å². The number of aryl methyl sites for hydroxylation is 1. The zero-order chi connectivity index (χ0) is 29.1. The molecule has 0 aliphatic rings. The predicted molar refractivity (Wildman–Crippen MR) is 151 cm³/mol. The van der Waals surface area contributed by atoms with Crippen molar-refractivity contribution in [3.05, 3.63) is 95.6 Å². The van der Waals surface area contributed by atoms with Crippen LogP contribution in [0.1, 0.15) is 48.2 Å². The molecule has 0 saturated heterocycles. The lowest BCUT2D eigenvalue weighted by molar-refractivity contribution is -0.146. The van der Waals surface area contributed by atoms with Crippen molar-refractivity contribution in [2.45, 2.75) is 51.1 Å². The third kappa shape index (κ3) is 8.16. The van der Waals surface area contributed by atoms with Gasteiger partial charge in [-0.05, 0) is 69.2 Å². The van der Waals surface area contributed by atoms with Crippen LogP contribution in [0.4, 0.5) is 5.69 Å². The summed E-state index contributed by atoms with van der Waals surface area (Å²) in [6.45, 7) is 5.62. The minimum absolute atomic E-state index is 0.0150. The lowest BCUT2D eigenvalue weighted by Crippen LogP contribution is -2.42. The number of sulfonamides is 1. The van der Waals surface area contributed by atoms with Crippen molar-refractivity contribution in [1.29, 1.82) is 0 Å². The maximum Gasteiger partial charge on any atom is 0.328 e. The first-order valence-electron chi connectivity index (χ1n) is 13.0. The van der Waals surface area contributed by atoms with Gasteiger partial charge in [0.1, 0.15) is 6.04 Å². The molecule has 3 aromatic rings. The Morgan fingerprint density at radius 1 is 0.850 bits per heavy atom. The number of ether oxygens (including phenoxy) is 2. The lowest BCUT2D eigenvalue weighted by atomic mass is 10.1. The van der Waals surface area contributed by atoms with Gasteiger partial charge in [-0.15, -0.1) is 0 Å². The van der Waals surface area contributed by atoms with E-state index < -0.39 is 33.9 Å². The zero-order valence-corrected chi connectivity index (χ0v) is 23.6. The first-order valence-corrected chi connectivity index (χ1v) is 14.5. The molecule has 0 radical (unpaired) electrons. The van der Waals surface area contributed by atoms with Crippen molar-refractivity contribution in [3.8, 4) is 0 Å². The van der Waals surface area contributed by atoms with E-state index in [9.17, 15) is 22.8 Å². The number of benzene rings is 3. The predicted octanol–water partition coefficient (Wildman–Crippen LogP) is 4.40. The topological polar surface area (TPSA) is 119 Å². The van der Waals surface area contributed by atoms with Crippen LogP contribution in [0.25, 0.3) is 0 Å². The number of hydrogen-bond donors (Lipinski definition) is 1. The molecule has 10 heteroatoms. The summed E-state index contributed by atoms with van der Waals surface area (Å²) in [6, 6.07) is 20.8. The first kappa shape index (κ1) is 30.4. The number of amides is 1. The maximum atomic E-state index is 13.7. The van der Waals surface area contributed by atoms with E-state index in [1.165, 1.54) is 16.4 Å². The van der Waals surface area contributed by atoms with Crippen LogP contribution in [-0.2, 0) is 35.6 Å². The highest BCUT2D eigenvalue weighted by Gasteiger charge is 2.27. The van der Waals surface area contributed by atoms with Crippen LogP contribution in [0.3, 0.4) is 0 Å². The Kier molecular flexibility index (Phi) is 10.8. The Balaban J connectivity index is 1.85. The molecule has 9 nitrogen and oxygen atoms in total. The van der Waals surface area contributed by atoms with Gasteiger partial charge in [0.2, 0.25) is 0 Å². The fraction of sp³-hybridized carbons (Fsp3) is 0.300. The van der Waals surface area contributed by atoms with Crippen LogP contribution in [0.15, 0.2) is 83.8 Å². The van der Waals surface area contributed by atoms with Crippen molar-refractivity contribution >= 4 is 33.6 Å². The van der Waals surface area contributed by atoms with E-state index in [1.807, 2.05) is 37.3 Å². The number of carbonyl (C=O) groups excluding carboxylic acids is 3. The van der Waals surface area contributed by atoms with Gasteiger partial charge in [-0.2, -0.15) is 0 Å². The van der Waals surface area contributed by atoms with Crippen LogP contribution in [0.5, 0.6) is 0 Å². The molecule has 1 atom stereocenters. The monoisotopic (exact) mass is 566 g/mol. The summed E-state index contributed by atoms with van der Waals surface area (Å²) in [5, 5.41) is 2.61. The van der Waals surface area contributed by atoms with Gasteiger partial charge in [-0.25, -0.2) is 13.2 Å². The highest BCUT2D eigenvalue weighted by Crippen LogP contribution is 2.27. The summed E-state index contributed by atoms with van der Waals surface area (Å²) in [5.74, 6) is -1.71. The number of hydrogen-bond acceptors (Lipinski definition) is 7. The first-order chi connectivity index (χ1) is 19.1. The van der Waals surface area contributed by atoms with Crippen molar-refractivity contribution < 1.29 is 32.3 Å². The molecule has 0 heterocycles. The maximum absolute atomic E-state index is 13.7. The zero-order valence-electron chi connectivity index (χ0n) is 22.8. The van der Waals surface area contributed by atoms with E-state index in [4.69, 9.17) is 9.47 Å². The highest BCUT2D eigenvalue weighted by atomic mass is 32.2. The molecule has 1 N–H and O–H groups in total. The van der Waals surface area contributed by atoms with Crippen LogP contribution in [0, 0.1) is 6.92 Å². The van der Waals surface area contributed by atoms with Crippen LogP contribution < -0.4 is 9.62 Å². The fourth-order valence-electron chi connectivity index (χ4n) is 3.91. The second kappa shape index (κ2) is 14.3. The lowest BCUT2D eigenvalue weighted by Gasteiger charge is -2.25. The average molecular weight is 567 g/mol. The van der Waals surface area contributed by atoms with Gasteiger partial charge in [0.15, 0.2) is 0 Å². The number of nitrogens with zero attached hydrogens (tertiary/aromatic N) is 1. The average Bonchev–Trinajstić information content (AvgIpc) is 2.95. The van der Waals surface area contributed by atoms with Gasteiger partial charge in [0.05, 0.1) is 30.3 Å². The van der Waals surface area contributed by atoms with E-state index in [1.54, 1.807) is 50.2 Å². The molecule has 0 fully saturated rings. The summed E-state index contributed by atoms with van der Waals surface area (Å²) in [6.07, 6.45) is -0.0526. The Bertz CT molecular complexity index is 1390. The normalized spacial score (nSPS) is 11.8. The molecule has 0 bridgehead atoms. The summed E-state index contributed by atoms with van der Waals surface area (Å²) in [4.78, 5) is 37.3. The Morgan fingerprint density at radius 3 is 2.08 bits per heavy atom. The Morgan fingerprint density at radius 2 is 1.48 bits per heavy atom. The second-order valence-electron chi connectivity index (χ2n) is 8.98. The molecule has 1 amide bonds. The van der Waals surface area contributed by atoms with Gasteiger partial charge < -0.3 is 14.8 Å². The van der Waals surface area contributed by atoms with Crippen molar-refractivity contribution in [2.24, 2.45) is 0 Å². The summed E-state index contributed by atoms with van der Waals surface area (Å²) in [5.41, 5.74) is 2.30. The molecule has 212 valence electrons. The van der Waals surface area contributed by atoms with Gasteiger partial charge >= 0.3 is 11.9 Å². The summed E-state index contributed by atoms with van der Waals surface area (Å²) >= 11 is 0. The standard InChI is InChI=1S/C30H34N2O7S/c1-4-38-28(33)20-19-27(30(35)39-5-2)31-29(34)24-13-15-25(16-14-24)32(21-23-9-7-6-8-10-23)40(36,37)26-17-11-22(3)12-18-26/h6-18,27H,4-5,19-21H2,1-3H3,(H,31,34). The Labute approximate surface area is 235 Å². The van der Waals surface area contributed by atoms with Gasteiger partial charge in [-0.3, -0.25) is 13.9 Å². The molecule has 0 spiro atoms. The molecule has 0 aliphatic carbocycles. The number of nitrogens with one attached hydrogen (secondary N) is 1. The molecule has 3 rings (SSSR count). The highest BCUT2D eigenvalue weighted by molar-refractivity contribution is 7.92. The summed E-state index contributed by atoms with van der Waals surface area (Å²) < 4.78 is 38.6. The number of anilines is 1. The van der Waals surface area contributed by atoms with E-state index >= 15 is 0 Å². The van der Waals surface area contributed by atoms with E-state index in [-0.39, 0.29) is 43.1 Å². The van der Waals surface area contributed by atoms with E-state index in [0.717, 1.165) is 11.1 Å². The van der Waals surface area contributed by atoms with Crippen molar-refractivity contribution in [2.75, 3.05) is 17.5 Å². The van der Waals surface area contributed by atoms with Crippen LogP contribution in [-0.4, -0.2) is 45.5 Å². The second-order valence-corrected chi connectivity index (χ2v) is 10.8. The minimum atomic E-state index is -3.93. The number of carbonyl (C=O) groups is 3. The SMILES string of the molecule is CCOC(=O)CCC(NC(=O)c1ccc(N(Cc2ccccc2)S(=O)(=O)c2ccc(C)cc2)cc1)C(=O)OCC. The quantitative estimate of drug-likeness (QED) is 0.305. The largest absolute Gasteiger partial charge is 0.466 e. The minimum Gasteiger partial charge on any atom is -0.466 e. The molecule has 0 saturated carbocycles. The fourth-order valence-corrected chi connectivity index (χ4v) is 5.36. The smallest absolute Gasteiger partial charge is 0.328 e. The molecule has 0 aliphatic heterocycles. The third-order valence-electron chi connectivity index (χ3n) is 6.01. The van der Waals surface area contributed by atoms with Crippen LogP contribution in [0.2, 0.25) is 0 Å². The number of rotatable bonds is 13. The Hall–Kier alpha value is -4.18. The molecule has 3 aromatic carbocycles. The van der Waals surface area contributed by atoms with Gasteiger partial charge in [0.25, 0.3) is 15.9 Å². The van der Waals surface area contributed by atoms with Crippen molar-refractivity contribution in [1.82, 2.24) is 5.32 Å². The molecular weight excluding hydrogens is 532 g/mol. The van der Waals surface area contributed by atoms with Crippen molar-refractivity contribution in [3.63, 3.8) is 0 Å². The molecule has 0 aromatic heterocycles. The molecule has 1 unspecified atom stereocenters. The van der Waals surface area contributed by atoms with E-state index in [0.29, 0.717) is 5.69 Å².